The molecule has 14 heavy (non-hydrogen) atoms. The lowest BCUT2D eigenvalue weighted by Crippen LogP contribution is -2.38. The minimum absolute atomic E-state index is 0.502. The van der Waals surface area contributed by atoms with Crippen molar-refractivity contribution in [2.45, 2.75) is 32.2 Å². The fourth-order valence-electron chi connectivity index (χ4n) is 1.82. The standard InChI is InChI=1S/C11H23NO2/c1-3-11(9-13-2)12-7-10-5-4-6-14-8-10/h10-12H,3-9H2,1-2H3. The maximum Gasteiger partial charge on any atom is 0.0615 e. The Balaban J connectivity index is 2.10. The topological polar surface area (TPSA) is 30.5 Å². The summed E-state index contributed by atoms with van der Waals surface area (Å²) < 4.78 is 10.6. The van der Waals surface area contributed by atoms with E-state index < -0.39 is 0 Å². The second-order valence-corrected chi connectivity index (χ2v) is 4.05. The molecule has 1 aliphatic rings. The number of ether oxygens (including phenoxy) is 2. The van der Waals surface area contributed by atoms with Crippen molar-refractivity contribution in [3.8, 4) is 0 Å². The molecule has 0 aliphatic carbocycles. The van der Waals surface area contributed by atoms with Gasteiger partial charge in [-0.3, -0.25) is 0 Å². The molecule has 3 nitrogen and oxygen atoms in total. The third-order valence-corrected chi connectivity index (χ3v) is 2.81. The number of hydrogen-bond donors (Lipinski definition) is 1. The Bertz CT molecular complexity index is 130. The minimum atomic E-state index is 0.502. The minimum Gasteiger partial charge on any atom is -0.383 e. The van der Waals surface area contributed by atoms with Crippen LogP contribution in [-0.2, 0) is 9.47 Å². The van der Waals surface area contributed by atoms with Gasteiger partial charge in [-0.25, -0.2) is 0 Å². The Hall–Kier alpha value is -0.120. The molecule has 1 heterocycles. The van der Waals surface area contributed by atoms with Crippen molar-refractivity contribution >= 4 is 0 Å². The summed E-state index contributed by atoms with van der Waals surface area (Å²) in [5.74, 6) is 0.703. The highest BCUT2D eigenvalue weighted by Crippen LogP contribution is 2.12. The van der Waals surface area contributed by atoms with E-state index in [4.69, 9.17) is 9.47 Å². The Labute approximate surface area is 87.2 Å². The van der Waals surface area contributed by atoms with Crippen LogP contribution < -0.4 is 5.32 Å². The van der Waals surface area contributed by atoms with Gasteiger partial charge in [-0.05, 0) is 25.2 Å². The smallest absolute Gasteiger partial charge is 0.0615 e. The summed E-state index contributed by atoms with van der Waals surface area (Å²) in [5, 5.41) is 3.54. The molecule has 0 spiro atoms. The molecular weight excluding hydrogens is 178 g/mol. The summed E-state index contributed by atoms with van der Waals surface area (Å²) in [6.07, 6.45) is 3.64. The number of hydrogen-bond acceptors (Lipinski definition) is 3. The Morgan fingerprint density at radius 3 is 3.00 bits per heavy atom. The zero-order valence-corrected chi connectivity index (χ0v) is 9.42. The molecule has 0 amide bonds. The number of nitrogens with one attached hydrogen (secondary N) is 1. The fraction of sp³-hybridized carbons (Fsp3) is 1.00. The normalized spacial score (nSPS) is 24.9. The molecule has 1 N–H and O–H groups in total. The quantitative estimate of drug-likeness (QED) is 0.705. The lowest BCUT2D eigenvalue weighted by Gasteiger charge is -2.25. The molecule has 3 heteroatoms. The molecule has 0 radical (unpaired) electrons. The van der Waals surface area contributed by atoms with Crippen molar-refractivity contribution in [1.82, 2.24) is 5.32 Å². The van der Waals surface area contributed by atoms with Crippen LogP contribution in [0.2, 0.25) is 0 Å². The SMILES string of the molecule is CCC(COC)NCC1CCCOC1. The Morgan fingerprint density at radius 2 is 2.43 bits per heavy atom. The number of methoxy groups -OCH3 is 1. The first-order valence-electron chi connectivity index (χ1n) is 5.66. The van der Waals surface area contributed by atoms with Crippen molar-refractivity contribution < 1.29 is 9.47 Å². The molecule has 84 valence electrons. The first kappa shape index (κ1) is 12.0. The molecular formula is C11H23NO2. The summed E-state index contributed by atoms with van der Waals surface area (Å²) in [4.78, 5) is 0. The van der Waals surface area contributed by atoms with Crippen molar-refractivity contribution in [3.05, 3.63) is 0 Å². The van der Waals surface area contributed by atoms with Gasteiger partial charge >= 0.3 is 0 Å². The first-order valence-corrected chi connectivity index (χ1v) is 5.66. The zero-order chi connectivity index (χ0) is 10.2. The van der Waals surface area contributed by atoms with E-state index in [0.29, 0.717) is 12.0 Å². The fourth-order valence-corrected chi connectivity index (χ4v) is 1.82. The zero-order valence-electron chi connectivity index (χ0n) is 9.42. The highest BCUT2D eigenvalue weighted by molar-refractivity contribution is 4.70. The molecule has 0 aromatic heterocycles. The molecule has 2 unspecified atom stereocenters. The average molecular weight is 201 g/mol. The summed E-state index contributed by atoms with van der Waals surface area (Å²) in [7, 11) is 1.76. The van der Waals surface area contributed by atoms with Gasteiger partial charge in [-0.1, -0.05) is 6.92 Å². The highest BCUT2D eigenvalue weighted by Gasteiger charge is 2.15. The van der Waals surface area contributed by atoms with E-state index >= 15 is 0 Å². The van der Waals surface area contributed by atoms with Crippen LogP contribution in [0.5, 0.6) is 0 Å². The second kappa shape index (κ2) is 7.21. The van der Waals surface area contributed by atoms with Gasteiger partial charge in [0.05, 0.1) is 13.2 Å². The van der Waals surface area contributed by atoms with Gasteiger partial charge in [0.25, 0.3) is 0 Å². The molecule has 1 aliphatic heterocycles. The summed E-state index contributed by atoms with van der Waals surface area (Å²) >= 11 is 0. The second-order valence-electron chi connectivity index (χ2n) is 4.05. The van der Waals surface area contributed by atoms with E-state index in [-0.39, 0.29) is 0 Å². The van der Waals surface area contributed by atoms with Crippen LogP contribution in [0, 0.1) is 5.92 Å². The van der Waals surface area contributed by atoms with Gasteiger partial charge in [0.2, 0.25) is 0 Å². The molecule has 2 atom stereocenters. The predicted octanol–water partition coefficient (Wildman–Crippen LogP) is 1.43. The van der Waals surface area contributed by atoms with Crippen LogP contribution in [0.3, 0.4) is 0 Å². The van der Waals surface area contributed by atoms with Crippen LogP contribution in [0.25, 0.3) is 0 Å². The lowest BCUT2D eigenvalue weighted by molar-refractivity contribution is 0.0519. The van der Waals surface area contributed by atoms with Crippen molar-refractivity contribution in [1.29, 1.82) is 0 Å². The maximum atomic E-state index is 5.44. The third kappa shape index (κ3) is 4.40. The van der Waals surface area contributed by atoms with E-state index in [1.54, 1.807) is 7.11 Å². The van der Waals surface area contributed by atoms with E-state index in [1.165, 1.54) is 12.8 Å². The van der Waals surface area contributed by atoms with Crippen molar-refractivity contribution in [2.75, 3.05) is 33.5 Å². The monoisotopic (exact) mass is 201 g/mol. The van der Waals surface area contributed by atoms with E-state index in [2.05, 4.69) is 12.2 Å². The predicted molar refractivity (Wildman–Crippen MR) is 57.5 cm³/mol. The van der Waals surface area contributed by atoms with Gasteiger partial charge in [-0.15, -0.1) is 0 Å². The van der Waals surface area contributed by atoms with E-state index in [0.717, 1.165) is 32.8 Å². The van der Waals surface area contributed by atoms with Crippen molar-refractivity contribution in [2.24, 2.45) is 5.92 Å². The molecule has 1 fully saturated rings. The Morgan fingerprint density at radius 1 is 1.57 bits per heavy atom. The molecule has 0 bridgehead atoms. The summed E-state index contributed by atoms with van der Waals surface area (Å²) in [5.41, 5.74) is 0. The van der Waals surface area contributed by atoms with Crippen LogP contribution in [0.15, 0.2) is 0 Å². The van der Waals surface area contributed by atoms with Gasteiger partial charge in [-0.2, -0.15) is 0 Å². The summed E-state index contributed by atoms with van der Waals surface area (Å²) in [6, 6.07) is 0.502. The lowest BCUT2D eigenvalue weighted by atomic mass is 10.0. The first-order chi connectivity index (χ1) is 6.86. The summed E-state index contributed by atoms with van der Waals surface area (Å²) in [6.45, 7) is 5.95. The van der Waals surface area contributed by atoms with Gasteiger partial charge < -0.3 is 14.8 Å². The van der Waals surface area contributed by atoms with Crippen LogP contribution in [0.4, 0.5) is 0 Å². The maximum absolute atomic E-state index is 5.44. The third-order valence-electron chi connectivity index (χ3n) is 2.81. The largest absolute Gasteiger partial charge is 0.383 e. The highest BCUT2D eigenvalue weighted by atomic mass is 16.5. The van der Waals surface area contributed by atoms with Crippen LogP contribution in [-0.4, -0.2) is 39.5 Å². The average Bonchev–Trinajstić information content (AvgIpc) is 2.25. The van der Waals surface area contributed by atoms with Crippen molar-refractivity contribution in [3.63, 3.8) is 0 Å². The number of rotatable bonds is 6. The molecule has 0 aromatic rings. The Kier molecular flexibility index (Phi) is 6.15. The van der Waals surface area contributed by atoms with Gasteiger partial charge in [0.1, 0.15) is 0 Å². The van der Waals surface area contributed by atoms with Gasteiger partial charge in [0.15, 0.2) is 0 Å². The molecule has 0 aromatic carbocycles. The molecule has 1 saturated heterocycles. The van der Waals surface area contributed by atoms with E-state index in [9.17, 15) is 0 Å². The molecule has 0 saturated carbocycles. The molecule has 1 rings (SSSR count). The van der Waals surface area contributed by atoms with Crippen LogP contribution in [0.1, 0.15) is 26.2 Å². The van der Waals surface area contributed by atoms with Gasteiger partial charge in [0, 0.05) is 26.3 Å². The van der Waals surface area contributed by atoms with E-state index in [1.807, 2.05) is 0 Å². The van der Waals surface area contributed by atoms with Crippen LogP contribution >= 0.6 is 0 Å².